The number of rotatable bonds is 5. The third-order valence-corrected chi connectivity index (χ3v) is 4.38. The van der Waals surface area contributed by atoms with Gasteiger partial charge < -0.3 is 15.3 Å². The van der Waals surface area contributed by atoms with E-state index in [4.69, 9.17) is 5.11 Å². The van der Waals surface area contributed by atoms with Crippen molar-refractivity contribution in [2.45, 2.75) is 31.9 Å². The van der Waals surface area contributed by atoms with Crippen LogP contribution in [0.3, 0.4) is 0 Å². The van der Waals surface area contributed by atoms with Crippen molar-refractivity contribution in [1.29, 1.82) is 0 Å². The minimum Gasteiger partial charge on any atom is -0.480 e. The smallest absolute Gasteiger partial charge is 0.406 e. The average molecular weight is 308 g/mol. The Morgan fingerprint density at radius 3 is 2.43 bits per heavy atom. The van der Waals surface area contributed by atoms with E-state index in [1.165, 1.54) is 6.42 Å². The molecule has 0 aromatic heterocycles. The molecule has 0 aromatic rings. The van der Waals surface area contributed by atoms with Gasteiger partial charge in [0.05, 0.1) is 0 Å². The Balaban J connectivity index is 1.84. The highest BCUT2D eigenvalue weighted by molar-refractivity contribution is 5.80. The lowest BCUT2D eigenvalue weighted by Crippen LogP contribution is -2.48. The summed E-state index contributed by atoms with van der Waals surface area (Å²) in [6.07, 6.45) is -0.148. The molecule has 2 aliphatic rings. The zero-order valence-corrected chi connectivity index (χ0v) is 11.5. The average Bonchev–Trinajstić information content (AvgIpc) is 2.94. The van der Waals surface area contributed by atoms with Crippen LogP contribution in [0.25, 0.3) is 0 Å². The third-order valence-electron chi connectivity index (χ3n) is 4.38. The molecule has 2 saturated carbocycles. The Labute approximate surface area is 120 Å². The first-order valence-corrected chi connectivity index (χ1v) is 7.06. The van der Waals surface area contributed by atoms with E-state index in [1.54, 1.807) is 0 Å². The molecule has 0 spiro atoms. The number of amides is 2. The second kappa shape index (κ2) is 6.11. The fourth-order valence-corrected chi connectivity index (χ4v) is 3.54. The lowest BCUT2D eigenvalue weighted by Gasteiger charge is -2.26. The molecule has 3 atom stereocenters. The van der Waals surface area contributed by atoms with E-state index in [-0.39, 0.29) is 4.90 Å². The van der Waals surface area contributed by atoms with Crippen LogP contribution in [0.2, 0.25) is 0 Å². The van der Waals surface area contributed by atoms with Crippen LogP contribution in [0, 0.1) is 17.8 Å². The number of carbonyl (C=O) groups is 2. The number of halogens is 3. The molecule has 21 heavy (non-hydrogen) atoms. The van der Waals surface area contributed by atoms with E-state index in [9.17, 15) is 22.8 Å². The Morgan fingerprint density at radius 1 is 1.24 bits per heavy atom. The number of fused-ring (bicyclic) bond motifs is 2. The number of carboxylic acid groups (broad SMARTS) is 1. The molecule has 2 bridgehead atoms. The number of urea groups is 1. The van der Waals surface area contributed by atoms with E-state index >= 15 is 0 Å². The minimum atomic E-state index is -4.61. The summed E-state index contributed by atoms with van der Waals surface area (Å²) in [7, 11) is 0. The first-order valence-electron chi connectivity index (χ1n) is 7.06. The Kier molecular flexibility index (Phi) is 4.63. The molecule has 0 radical (unpaired) electrons. The summed E-state index contributed by atoms with van der Waals surface area (Å²) in [5.41, 5.74) is 0. The molecule has 120 valence electrons. The zero-order valence-electron chi connectivity index (χ0n) is 11.5. The summed E-state index contributed by atoms with van der Waals surface area (Å²) in [5.74, 6) is 0.0765. The van der Waals surface area contributed by atoms with Crippen molar-refractivity contribution < 1.29 is 27.9 Å². The highest BCUT2D eigenvalue weighted by Gasteiger charge is 2.40. The molecule has 3 unspecified atom stereocenters. The molecule has 2 rings (SSSR count). The minimum absolute atomic E-state index is 0.287. The van der Waals surface area contributed by atoms with Gasteiger partial charge in [-0.3, -0.25) is 4.79 Å². The van der Waals surface area contributed by atoms with Crippen molar-refractivity contribution in [1.82, 2.24) is 10.2 Å². The molecule has 2 amide bonds. The molecule has 2 aliphatic carbocycles. The molecular weight excluding hydrogens is 289 g/mol. The maximum atomic E-state index is 12.4. The summed E-state index contributed by atoms with van der Waals surface area (Å²) in [6.45, 7) is -2.18. The first-order chi connectivity index (χ1) is 9.74. The molecular formula is C13H19F3N2O3. The van der Waals surface area contributed by atoms with Gasteiger partial charge in [0, 0.05) is 6.54 Å². The molecule has 5 nitrogen and oxygen atoms in total. The van der Waals surface area contributed by atoms with Gasteiger partial charge in [-0.05, 0) is 37.0 Å². The number of hydrogen-bond donors (Lipinski definition) is 2. The number of aliphatic carboxylic acids is 1. The van der Waals surface area contributed by atoms with Crippen molar-refractivity contribution in [3.05, 3.63) is 0 Å². The number of carboxylic acids is 1. The van der Waals surface area contributed by atoms with E-state index in [0.717, 1.165) is 19.3 Å². The fraction of sp³-hybridized carbons (Fsp3) is 0.846. The quantitative estimate of drug-likeness (QED) is 0.817. The second-order valence-electron chi connectivity index (χ2n) is 5.99. The number of alkyl halides is 3. The van der Waals surface area contributed by atoms with Crippen molar-refractivity contribution in [2.24, 2.45) is 17.8 Å². The molecule has 2 N–H and O–H groups in total. The van der Waals surface area contributed by atoms with Crippen molar-refractivity contribution in [3.8, 4) is 0 Å². The maximum Gasteiger partial charge on any atom is 0.406 e. The van der Waals surface area contributed by atoms with Crippen LogP contribution < -0.4 is 5.32 Å². The van der Waals surface area contributed by atoms with Crippen LogP contribution in [0.15, 0.2) is 0 Å². The predicted octanol–water partition coefficient (Wildman–Crippen LogP) is 2.08. The van der Waals surface area contributed by atoms with Gasteiger partial charge in [0.1, 0.15) is 13.1 Å². The Hall–Kier alpha value is -1.47. The van der Waals surface area contributed by atoms with Crippen molar-refractivity contribution >= 4 is 12.0 Å². The summed E-state index contributed by atoms with van der Waals surface area (Å²) in [5, 5.41) is 11.1. The second-order valence-corrected chi connectivity index (χ2v) is 5.99. The summed E-state index contributed by atoms with van der Waals surface area (Å²) in [6, 6.07) is -0.961. The highest BCUT2D eigenvalue weighted by Crippen LogP contribution is 2.47. The van der Waals surface area contributed by atoms with Crippen LogP contribution in [0.4, 0.5) is 18.0 Å². The Bertz CT molecular complexity index is 414. The summed E-state index contributed by atoms with van der Waals surface area (Å²) in [4.78, 5) is 22.6. The van der Waals surface area contributed by atoms with E-state index in [0.29, 0.717) is 24.3 Å². The van der Waals surface area contributed by atoms with Crippen LogP contribution in [-0.4, -0.2) is 47.8 Å². The normalized spacial score (nSPS) is 27.7. The molecule has 0 heterocycles. The third kappa shape index (κ3) is 4.50. The molecule has 8 heteroatoms. The predicted molar refractivity (Wildman–Crippen MR) is 67.6 cm³/mol. The maximum absolute atomic E-state index is 12.4. The van der Waals surface area contributed by atoms with Crippen LogP contribution in [0.5, 0.6) is 0 Å². The van der Waals surface area contributed by atoms with Gasteiger partial charge in [-0.15, -0.1) is 0 Å². The van der Waals surface area contributed by atoms with Gasteiger partial charge in [0.25, 0.3) is 0 Å². The van der Waals surface area contributed by atoms with E-state index < -0.39 is 31.3 Å². The SMILES string of the molecule is O=C(O)CN(CC(F)(F)F)C(=O)NCC1CC2CCC1C2. The highest BCUT2D eigenvalue weighted by atomic mass is 19.4. The summed E-state index contributed by atoms with van der Waals surface area (Å²) < 4.78 is 37.1. The number of nitrogens with one attached hydrogen (secondary N) is 1. The number of carbonyl (C=O) groups excluding carboxylic acids is 1. The summed E-state index contributed by atoms with van der Waals surface area (Å²) >= 11 is 0. The standard InChI is InChI=1S/C13H19F3N2O3/c14-13(15,16)7-18(6-11(19)20)12(21)17-5-10-4-8-1-2-9(10)3-8/h8-10H,1-7H2,(H,17,21)(H,19,20). The number of hydrogen-bond acceptors (Lipinski definition) is 2. The first kappa shape index (κ1) is 15.9. The van der Waals surface area contributed by atoms with Gasteiger partial charge in [0.15, 0.2) is 0 Å². The molecule has 0 aromatic carbocycles. The van der Waals surface area contributed by atoms with Gasteiger partial charge >= 0.3 is 18.2 Å². The topological polar surface area (TPSA) is 69.6 Å². The van der Waals surface area contributed by atoms with Crippen molar-refractivity contribution in [2.75, 3.05) is 19.6 Å². The lowest BCUT2D eigenvalue weighted by atomic mass is 9.89. The molecule has 2 fully saturated rings. The lowest BCUT2D eigenvalue weighted by molar-refractivity contribution is -0.148. The van der Waals surface area contributed by atoms with E-state index in [1.807, 2.05) is 0 Å². The largest absolute Gasteiger partial charge is 0.480 e. The monoisotopic (exact) mass is 308 g/mol. The van der Waals surface area contributed by atoms with Crippen molar-refractivity contribution in [3.63, 3.8) is 0 Å². The Morgan fingerprint density at radius 2 is 1.95 bits per heavy atom. The zero-order chi connectivity index (χ0) is 15.6. The molecule has 0 aliphatic heterocycles. The molecule has 0 saturated heterocycles. The van der Waals surface area contributed by atoms with Gasteiger partial charge in [-0.2, -0.15) is 13.2 Å². The van der Waals surface area contributed by atoms with Crippen LogP contribution in [-0.2, 0) is 4.79 Å². The van der Waals surface area contributed by atoms with Gasteiger partial charge in [-0.25, -0.2) is 4.79 Å². The van der Waals surface area contributed by atoms with Crippen LogP contribution >= 0.6 is 0 Å². The van der Waals surface area contributed by atoms with Gasteiger partial charge in [-0.1, -0.05) is 6.42 Å². The van der Waals surface area contributed by atoms with E-state index in [2.05, 4.69) is 5.32 Å². The number of nitrogens with zero attached hydrogens (tertiary/aromatic N) is 1. The fourth-order valence-electron chi connectivity index (χ4n) is 3.54. The van der Waals surface area contributed by atoms with Crippen LogP contribution in [0.1, 0.15) is 25.7 Å². The van der Waals surface area contributed by atoms with Gasteiger partial charge in [0.2, 0.25) is 0 Å².